The average molecular weight is 425 g/mol. The Labute approximate surface area is 184 Å². The van der Waals surface area contributed by atoms with Gasteiger partial charge in [-0.25, -0.2) is 9.67 Å². The highest BCUT2D eigenvalue weighted by molar-refractivity contribution is 6.31. The molecule has 0 aliphatic heterocycles. The number of halogens is 1. The van der Waals surface area contributed by atoms with Gasteiger partial charge in [0.05, 0.1) is 30.1 Å². The Balaban J connectivity index is 1.58. The predicted octanol–water partition coefficient (Wildman–Crippen LogP) is 5.14. The molecule has 7 heteroatoms. The van der Waals surface area contributed by atoms with Gasteiger partial charge in [-0.1, -0.05) is 47.1 Å². The summed E-state index contributed by atoms with van der Waals surface area (Å²) in [5.74, 6) is 0. The maximum atomic E-state index is 9.10. The first-order chi connectivity index (χ1) is 15.1. The Kier molecular flexibility index (Phi) is 4.73. The second-order valence-corrected chi connectivity index (χ2v) is 7.72. The van der Waals surface area contributed by atoms with Gasteiger partial charge in [0.15, 0.2) is 0 Å². The lowest BCUT2D eigenvalue weighted by molar-refractivity contribution is 0.649. The molecule has 0 atom stereocenters. The predicted molar refractivity (Wildman–Crippen MR) is 120 cm³/mol. The van der Waals surface area contributed by atoms with Crippen molar-refractivity contribution < 1.29 is 0 Å². The zero-order valence-electron chi connectivity index (χ0n) is 16.7. The van der Waals surface area contributed by atoms with Crippen molar-refractivity contribution in [2.24, 2.45) is 0 Å². The van der Waals surface area contributed by atoms with Gasteiger partial charge in [-0.15, -0.1) is 5.10 Å². The lowest BCUT2D eigenvalue weighted by atomic mass is 10.1. The monoisotopic (exact) mass is 424 g/mol. The minimum Gasteiger partial charge on any atom is -0.298 e. The lowest BCUT2D eigenvalue weighted by Crippen LogP contribution is -2.00. The summed E-state index contributed by atoms with van der Waals surface area (Å²) in [5.41, 5.74) is 6.80. The highest BCUT2D eigenvalue weighted by Crippen LogP contribution is 2.31. The summed E-state index contributed by atoms with van der Waals surface area (Å²) in [5, 5.41) is 18.6. The van der Waals surface area contributed by atoms with Crippen LogP contribution in [0.25, 0.3) is 28.3 Å². The molecule has 150 valence electrons. The van der Waals surface area contributed by atoms with Gasteiger partial charge in [-0.05, 0) is 48.4 Å². The Hall–Kier alpha value is -3.95. The van der Waals surface area contributed by atoms with Crippen molar-refractivity contribution in [1.82, 2.24) is 24.4 Å². The number of aryl methyl sites for hydroxylation is 1. The number of pyridine rings is 1. The number of hydrogen-bond donors (Lipinski definition) is 0. The van der Waals surface area contributed by atoms with Crippen molar-refractivity contribution in [2.75, 3.05) is 0 Å². The first kappa shape index (κ1) is 19.0. The van der Waals surface area contributed by atoms with Crippen molar-refractivity contribution >= 4 is 17.2 Å². The molecule has 31 heavy (non-hydrogen) atoms. The molecule has 5 aromatic rings. The van der Waals surface area contributed by atoms with Crippen LogP contribution in [0, 0.1) is 18.3 Å². The third kappa shape index (κ3) is 3.56. The highest BCUT2D eigenvalue weighted by Gasteiger charge is 2.18. The first-order valence-electron chi connectivity index (χ1n) is 9.75. The molecule has 0 amide bonds. The fourth-order valence-electron chi connectivity index (χ4n) is 3.55. The summed E-state index contributed by atoms with van der Waals surface area (Å²) in [6.45, 7) is 2.55. The summed E-state index contributed by atoms with van der Waals surface area (Å²) in [6.07, 6.45) is 3.88. The molecule has 0 spiro atoms. The maximum Gasteiger partial charge on any atom is 0.137 e. The minimum absolute atomic E-state index is 0.565. The Morgan fingerprint density at radius 1 is 1.06 bits per heavy atom. The van der Waals surface area contributed by atoms with Crippen molar-refractivity contribution in [3.8, 4) is 28.7 Å². The van der Waals surface area contributed by atoms with Crippen LogP contribution in [0.3, 0.4) is 0 Å². The number of rotatable bonds is 4. The molecule has 0 N–H and O–H groups in total. The molecule has 0 radical (unpaired) electrons. The van der Waals surface area contributed by atoms with Crippen LogP contribution in [0.1, 0.15) is 16.7 Å². The maximum absolute atomic E-state index is 9.10. The van der Waals surface area contributed by atoms with E-state index in [-0.39, 0.29) is 0 Å². The fourth-order valence-corrected chi connectivity index (χ4v) is 3.75. The van der Waals surface area contributed by atoms with Crippen molar-refractivity contribution in [2.45, 2.75) is 13.5 Å². The van der Waals surface area contributed by atoms with Crippen LogP contribution in [0.4, 0.5) is 0 Å². The van der Waals surface area contributed by atoms with E-state index in [1.807, 2.05) is 72.2 Å². The molecule has 2 aromatic carbocycles. The Bertz CT molecular complexity index is 1440. The first-order valence-corrected chi connectivity index (χ1v) is 10.1. The van der Waals surface area contributed by atoms with Crippen LogP contribution >= 0.6 is 11.6 Å². The van der Waals surface area contributed by atoms with Gasteiger partial charge in [0.25, 0.3) is 0 Å². The number of benzene rings is 2. The van der Waals surface area contributed by atoms with Gasteiger partial charge < -0.3 is 0 Å². The molecule has 0 unspecified atom stereocenters. The van der Waals surface area contributed by atoms with Gasteiger partial charge in [-0.2, -0.15) is 5.26 Å². The van der Waals surface area contributed by atoms with Gasteiger partial charge in [0.1, 0.15) is 17.0 Å². The van der Waals surface area contributed by atoms with E-state index in [1.165, 1.54) is 0 Å². The van der Waals surface area contributed by atoms with Crippen molar-refractivity contribution in [3.63, 3.8) is 0 Å². The average Bonchev–Trinajstić information content (AvgIpc) is 3.40. The summed E-state index contributed by atoms with van der Waals surface area (Å²) in [6, 6.07) is 21.4. The third-order valence-electron chi connectivity index (χ3n) is 5.18. The molecule has 5 rings (SSSR count). The Morgan fingerprint density at radius 3 is 2.68 bits per heavy atom. The summed E-state index contributed by atoms with van der Waals surface area (Å²) in [7, 11) is 0. The normalized spacial score (nSPS) is 11.0. The number of hydrogen-bond acceptors (Lipinski definition) is 4. The van der Waals surface area contributed by atoms with Crippen LogP contribution in [-0.2, 0) is 6.54 Å². The molecular weight excluding hydrogens is 408 g/mol. The van der Waals surface area contributed by atoms with E-state index in [0.29, 0.717) is 12.1 Å². The highest BCUT2D eigenvalue weighted by atomic mass is 35.5. The second kappa shape index (κ2) is 7.71. The smallest absolute Gasteiger partial charge is 0.137 e. The van der Waals surface area contributed by atoms with E-state index in [4.69, 9.17) is 21.8 Å². The molecule has 0 saturated carbocycles. The second-order valence-electron chi connectivity index (χ2n) is 7.31. The summed E-state index contributed by atoms with van der Waals surface area (Å²) >= 11 is 6.27. The number of aromatic nitrogens is 5. The zero-order valence-corrected chi connectivity index (χ0v) is 17.5. The van der Waals surface area contributed by atoms with E-state index in [1.54, 1.807) is 16.8 Å². The van der Waals surface area contributed by atoms with E-state index >= 15 is 0 Å². The van der Waals surface area contributed by atoms with Gasteiger partial charge in [-0.3, -0.25) is 4.40 Å². The number of nitriles is 1. The van der Waals surface area contributed by atoms with Crippen LogP contribution in [0.5, 0.6) is 0 Å². The fraction of sp³-hybridized carbons (Fsp3) is 0.0833. The largest absolute Gasteiger partial charge is 0.298 e. The molecule has 0 bridgehead atoms. The lowest BCUT2D eigenvalue weighted by Gasteiger charge is -2.04. The molecule has 0 aliphatic rings. The number of imidazole rings is 1. The standard InChI is InChI=1S/C24H17ClN6/c1-16-5-6-18(12-20(16)25)14-30-15-21(28-29-30)24-23(19-9-7-17(13-26)8-10-19)27-22-4-2-3-11-31(22)24/h2-12,15H,14H2,1H3. The van der Waals surface area contributed by atoms with Gasteiger partial charge >= 0.3 is 0 Å². The minimum atomic E-state index is 0.565. The van der Waals surface area contributed by atoms with Crippen molar-refractivity contribution in [1.29, 1.82) is 5.26 Å². The van der Waals surface area contributed by atoms with Crippen LogP contribution in [-0.4, -0.2) is 24.4 Å². The van der Waals surface area contributed by atoms with Crippen LogP contribution < -0.4 is 0 Å². The summed E-state index contributed by atoms with van der Waals surface area (Å²) in [4.78, 5) is 4.81. The van der Waals surface area contributed by atoms with E-state index in [0.717, 1.165) is 44.4 Å². The van der Waals surface area contributed by atoms with E-state index in [2.05, 4.69) is 16.4 Å². The molecule has 0 aliphatic carbocycles. The number of nitrogens with zero attached hydrogens (tertiary/aromatic N) is 6. The van der Waals surface area contributed by atoms with Crippen molar-refractivity contribution in [3.05, 3.63) is 94.8 Å². The Morgan fingerprint density at radius 2 is 1.90 bits per heavy atom. The van der Waals surface area contributed by atoms with Crippen LogP contribution in [0.15, 0.2) is 73.1 Å². The van der Waals surface area contributed by atoms with E-state index < -0.39 is 0 Å². The van der Waals surface area contributed by atoms with E-state index in [9.17, 15) is 0 Å². The van der Waals surface area contributed by atoms with Gasteiger partial charge in [0.2, 0.25) is 0 Å². The zero-order chi connectivity index (χ0) is 21.4. The third-order valence-corrected chi connectivity index (χ3v) is 5.59. The SMILES string of the molecule is Cc1ccc(Cn2cc(-c3c(-c4ccc(C#N)cc4)nc4ccccn34)nn2)cc1Cl. The van der Waals surface area contributed by atoms with Crippen LogP contribution in [0.2, 0.25) is 5.02 Å². The summed E-state index contributed by atoms with van der Waals surface area (Å²) < 4.78 is 3.80. The molecular formula is C24H17ClN6. The molecule has 3 aromatic heterocycles. The molecule has 3 heterocycles. The molecule has 6 nitrogen and oxygen atoms in total. The topological polar surface area (TPSA) is 71.8 Å². The molecule has 0 fully saturated rings. The quantitative estimate of drug-likeness (QED) is 0.400. The number of fused-ring (bicyclic) bond motifs is 1. The van der Waals surface area contributed by atoms with Gasteiger partial charge in [0, 0.05) is 16.8 Å². The molecule has 0 saturated heterocycles.